The SMILES string of the molecule is Cc1cc(C)[n+]2nc(C)sc2n1. The highest BCUT2D eigenvalue weighted by Crippen LogP contribution is 2.07. The van der Waals surface area contributed by atoms with Crippen molar-refractivity contribution in [3.63, 3.8) is 0 Å². The van der Waals surface area contributed by atoms with E-state index in [2.05, 4.69) is 10.1 Å². The number of aryl methyl sites for hydroxylation is 3. The van der Waals surface area contributed by atoms with E-state index in [4.69, 9.17) is 0 Å². The van der Waals surface area contributed by atoms with Crippen LogP contribution in [0, 0.1) is 20.8 Å². The van der Waals surface area contributed by atoms with Crippen molar-refractivity contribution < 1.29 is 4.52 Å². The Morgan fingerprint density at radius 2 is 2.08 bits per heavy atom. The van der Waals surface area contributed by atoms with Gasteiger partial charge in [-0.25, -0.2) is 0 Å². The predicted molar refractivity (Wildman–Crippen MR) is 47.3 cm³/mol. The van der Waals surface area contributed by atoms with E-state index >= 15 is 0 Å². The van der Waals surface area contributed by atoms with Crippen LogP contribution in [0.2, 0.25) is 0 Å². The molecule has 2 heterocycles. The quantitative estimate of drug-likeness (QED) is 0.570. The highest BCUT2D eigenvalue weighted by molar-refractivity contribution is 7.16. The van der Waals surface area contributed by atoms with Gasteiger partial charge in [0.2, 0.25) is 0 Å². The summed E-state index contributed by atoms with van der Waals surface area (Å²) in [5, 5.41) is 5.38. The van der Waals surface area contributed by atoms with E-state index in [0.29, 0.717) is 0 Å². The highest BCUT2D eigenvalue weighted by Gasteiger charge is 2.13. The molecule has 0 spiro atoms. The summed E-state index contributed by atoms with van der Waals surface area (Å²) in [4.78, 5) is 5.35. The molecule has 0 atom stereocenters. The first-order valence-electron chi connectivity index (χ1n) is 3.80. The second-order valence-electron chi connectivity index (χ2n) is 2.85. The maximum Gasteiger partial charge on any atom is 0.409 e. The average molecular weight is 180 g/mol. The monoisotopic (exact) mass is 180 g/mol. The number of hydrogen-bond donors (Lipinski definition) is 0. The second-order valence-corrected chi connectivity index (χ2v) is 4.01. The summed E-state index contributed by atoms with van der Waals surface area (Å²) in [6, 6.07) is 2.03. The Morgan fingerprint density at radius 3 is 2.83 bits per heavy atom. The molecule has 12 heavy (non-hydrogen) atoms. The summed E-state index contributed by atoms with van der Waals surface area (Å²) in [5.74, 6) is 0. The molecule has 0 amide bonds. The summed E-state index contributed by atoms with van der Waals surface area (Å²) in [6.45, 7) is 6.04. The molecule has 62 valence electrons. The molecular formula is C8H10N3S+. The Morgan fingerprint density at radius 1 is 1.33 bits per heavy atom. The van der Waals surface area contributed by atoms with E-state index in [9.17, 15) is 0 Å². The molecule has 0 aromatic carbocycles. The van der Waals surface area contributed by atoms with Gasteiger partial charge in [0, 0.05) is 19.9 Å². The normalized spacial score (nSPS) is 10.9. The van der Waals surface area contributed by atoms with E-state index in [1.165, 1.54) is 0 Å². The molecule has 2 rings (SSSR count). The van der Waals surface area contributed by atoms with Crippen molar-refractivity contribution in [1.82, 2.24) is 10.1 Å². The smallest absolute Gasteiger partial charge is 0.0881 e. The molecule has 0 fully saturated rings. The molecule has 2 aromatic rings. The van der Waals surface area contributed by atoms with Crippen LogP contribution in [0.5, 0.6) is 0 Å². The van der Waals surface area contributed by atoms with Crippen LogP contribution in [0.3, 0.4) is 0 Å². The molecule has 0 saturated heterocycles. The van der Waals surface area contributed by atoms with Crippen LogP contribution in [0.1, 0.15) is 16.4 Å². The lowest BCUT2D eigenvalue weighted by Crippen LogP contribution is -2.28. The molecule has 0 unspecified atom stereocenters. The lowest BCUT2D eigenvalue weighted by molar-refractivity contribution is -0.585. The Bertz CT molecular complexity index is 433. The van der Waals surface area contributed by atoms with Crippen molar-refractivity contribution in [2.75, 3.05) is 0 Å². The van der Waals surface area contributed by atoms with Crippen molar-refractivity contribution in [3.05, 3.63) is 22.5 Å². The van der Waals surface area contributed by atoms with Crippen LogP contribution in [-0.2, 0) is 0 Å². The fraction of sp³-hybridized carbons (Fsp3) is 0.375. The summed E-state index contributed by atoms with van der Waals surface area (Å²) >= 11 is 1.62. The third kappa shape index (κ3) is 1.08. The first kappa shape index (κ1) is 7.61. The van der Waals surface area contributed by atoms with Gasteiger partial charge in [-0.15, -0.1) is 0 Å². The van der Waals surface area contributed by atoms with Gasteiger partial charge in [-0.3, -0.25) is 0 Å². The van der Waals surface area contributed by atoms with Crippen LogP contribution in [0.4, 0.5) is 0 Å². The molecular weight excluding hydrogens is 170 g/mol. The van der Waals surface area contributed by atoms with Crippen molar-refractivity contribution in [2.45, 2.75) is 20.8 Å². The van der Waals surface area contributed by atoms with E-state index in [1.54, 1.807) is 11.3 Å². The van der Waals surface area contributed by atoms with Gasteiger partial charge in [-0.05, 0) is 23.2 Å². The predicted octanol–water partition coefficient (Wildman–Crippen LogP) is 1.20. The Balaban J connectivity index is 2.88. The molecule has 0 bridgehead atoms. The number of hydrogen-bond acceptors (Lipinski definition) is 3. The van der Waals surface area contributed by atoms with Crippen LogP contribution in [0.15, 0.2) is 6.07 Å². The molecule has 0 radical (unpaired) electrons. The largest absolute Gasteiger partial charge is 0.409 e. The summed E-state index contributed by atoms with van der Waals surface area (Å²) in [5.41, 5.74) is 2.19. The standard InChI is InChI=1S/C8H10N3S/c1-5-4-6(2)11-8(9-5)12-7(3)10-11/h4H,1-3H3/q+1. The first-order valence-corrected chi connectivity index (χ1v) is 4.62. The number of fused-ring (bicyclic) bond motifs is 1. The zero-order valence-corrected chi connectivity index (χ0v) is 8.14. The average Bonchev–Trinajstić information content (AvgIpc) is 2.29. The van der Waals surface area contributed by atoms with E-state index in [1.807, 2.05) is 31.4 Å². The van der Waals surface area contributed by atoms with Gasteiger partial charge in [-0.2, -0.15) is 0 Å². The van der Waals surface area contributed by atoms with Crippen molar-refractivity contribution in [3.8, 4) is 0 Å². The Kier molecular flexibility index (Phi) is 1.58. The summed E-state index contributed by atoms with van der Waals surface area (Å²) in [7, 11) is 0. The van der Waals surface area contributed by atoms with E-state index < -0.39 is 0 Å². The first-order chi connectivity index (χ1) is 5.66. The molecule has 0 aliphatic heterocycles. The van der Waals surface area contributed by atoms with Gasteiger partial charge in [0.15, 0.2) is 5.69 Å². The summed E-state index contributed by atoms with van der Waals surface area (Å²) in [6.07, 6.45) is 0. The van der Waals surface area contributed by atoms with Gasteiger partial charge in [0.1, 0.15) is 10.7 Å². The third-order valence-electron chi connectivity index (χ3n) is 1.68. The van der Waals surface area contributed by atoms with Gasteiger partial charge in [0.05, 0.1) is 0 Å². The van der Waals surface area contributed by atoms with Crippen molar-refractivity contribution in [2.24, 2.45) is 0 Å². The zero-order valence-electron chi connectivity index (χ0n) is 7.33. The topological polar surface area (TPSA) is 29.9 Å². The minimum atomic E-state index is 0.977. The minimum absolute atomic E-state index is 0.977. The number of nitrogens with zero attached hydrogens (tertiary/aromatic N) is 3. The highest BCUT2D eigenvalue weighted by atomic mass is 32.1. The van der Waals surface area contributed by atoms with Crippen LogP contribution in [-0.4, -0.2) is 10.1 Å². The summed E-state index contributed by atoms with van der Waals surface area (Å²) < 4.78 is 1.88. The fourth-order valence-corrected chi connectivity index (χ4v) is 2.07. The van der Waals surface area contributed by atoms with Gasteiger partial charge >= 0.3 is 4.96 Å². The molecule has 0 aliphatic rings. The number of rotatable bonds is 0. The molecule has 0 aliphatic carbocycles. The molecule has 0 saturated carbocycles. The van der Waals surface area contributed by atoms with E-state index in [-0.39, 0.29) is 0 Å². The molecule has 0 N–H and O–H groups in total. The lowest BCUT2D eigenvalue weighted by atomic mass is 10.4. The fourth-order valence-electron chi connectivity index (χ4n) is 1.23. The molecule has 2 aromatic heterocycles. The maximum atomic E-state index is 4.38. The van der Waals surface area contributed by atoms with Gasteiger partial charge < -0.3 is 0 Å². The number of aromatic nitrogens is 3. The van der Waals surface area contributed by atoms with E-state index in [0.717, 1.165) is 21.4 Å². The zero-order chi connectivity index (χ0) is 8.72. The lowest BCUT2D eigenvalue weighted by Gasteiger charge is -1.86. The Labute approximate surface area is 74.7 Å². The van der Waals surface area contributed by atoms with Crippen LogP contribution < -0.4 is 4.52 Å². The maximum absolute atomic E-state index is 4.38. The Hall–Kier alpha value is -1.03. The third-order valence-corrected chi connectivity index (χ3v) is 2.51. The molecule has 4 heteroatoms. The minimum Gasteiger partial charge on any atom is -0.0881 e. The second kappa shape index (κ2) is 2.48. The molecule has 3 nitrogen and oxygen atoms in total. The van der Waals surface area contributed by atoms with Crippen molar-refractivity contribution in [1.29, 1.82) is 0 Å². The van der Waals surface area contributed by atoms with Crippen molar-refractivity contribution >= 4 is 16.3 Å². The van der Waals surface area contributed by atoms with Crippen LogP contribution in [0.25, 0.3) is 4.96 Å². The van der Waals surface area contributed by atoms with Gasteiger partial charge in [0.25, 0.3) is 0 Å². The van der Waals surface area contributed by atoms with Crippen LogP contribution >= 0.6 is 11.3 Å². The van der Waals surface area contributed by atoms with Gasteiger partial charge in [-0.1, -0.05) is 9.61 Å².